The van der Waals surface area contributed by atoms with Gasteiger partial charge in [0.1, 0.15) is 6.04 Å². The van der Waals surface area contributed by atoms with Crippen LogP contribution in [0, 0.1) is 5.92 Å². The fourth-order valence-corrected chi connectivity index (χ4v) is 3.33. The molecule has 0 aliphatic rings. The average Bonchev–Trinajstić information content (AvgIpc) is 3.15. The predicted molar refractivity (Wildman–Crippen MR) is 109 cm³/mol. The summed E-state index contributed by atoms with van der Waals surface area (Å²) in [4.78, 5) is 29.6. The van der Waals surface area contributed by atoms with E-state index in [0.29, 0.717) is 10.7 Å². The van der Waals surface area contributed by atoms with E-state index in [1.165, 1.54) is 11.3 Å². The molecule has 0 saturated carbocycles. The summed E-state index contributed by atoms with van der Waals surface area (Å²) in [7, 11) is 0. The van der Waals surface area contributed by atoms with Crippen LogP contribution in [0.4, 0.5) is 5.13 Å². The number of hydrogen-bond acceptors (Lipinski definition) is 4. The van der Waals surface area contributed by atoms with Crippen LogP contribution in [-0.2, 0) is 4.79 Å². The number of carbonyl (C=O) groups excluding carboxylic acids is 2. The molecule has 0 aliphatic carbocycles. The lowest BCUT2D eigenvalue weighted by Crippen LogP contribution is -2.47. The summed E-state index contributed by atoms with van der Waals surface area (Å²) >= 11 is 1.36. The number of anilines is 1. The van der Waals surface area contributed by atoms with Gasteiger partial charge in [-0.15, -0.1) is 11.3 Å². The zero-order valence-electron chi connectivity index (χ0n) is 15.2. The van der Waals surface area contributed by atoms with Crippen LogP contribution in [0.15, 0.2) is 66.0 Å². The fraction of sp³-hybridized carbons (Fsp3) is 0.190. The largest absolute Gasteiger partial charge is 0.340 e. The molecule has 138 valence electrons. The van der Waals surface area contributed by atoms with Gasteiger partial charge in [0.2, 0.25) is 5.91 Å². The van der Waals surface area contributed by atoms with Gasteiger partial charge in [0.05, 0.1) is 5.69 Å². The maximum atomic E-state index is 12.7. The average molecular weight is 379 g/mol. The minimum atomic E-state index is -0.651. The smallest absolute Gasteiger partial charge is 0.251 e. The topological polar surface area (TPSA) is 71.1 Å². The summed E-state index contributed by atoms with van der Waals surface area (Å²) in [5.74, 6) is -0.608. The van der Waals surface area contributed by atoms with E-state index in [4.69, 9.17) is 0 Å². The Balaban J connectivity index is 1.69. The molecule has 1 aromatic heterocycles. The third kappa shape index (κ3) is 4.80. The summed E-state index contributed by atoms with van der Waals surface area (Å²) in [5.41, 5.74) is 2.33. The summed E-state index contributed by atoms with van der Waals surface area (Å²) in [6, 6.07) is 18.0. The van der Waals surface area contributed by atoms with Gasteiger partial charge in [-0.25, -0.2) is 4.98 Å². The molecule has 0 aliphatic heterocycles. The molecule has 2 N–H and O–H groups in total. The molecule has 1 unspecified atom stereocenters. The fourth-order valence-electron chi connectivity index (χ4n) is 2.60. The van der Waals surface area contributed by atoms with Gasteiger partial charge in [-0.2, -0.15) is 0 Å². The minimum absolute atomic E-state index is 0.0637. The van der Waals surface area contributed by atoms with Crippen LogP contribution >= 0.6 is 11.3 Å². The molecule has 1 atom stereocenters. The number of benzene rings is 2. The normalized spacial score (nSPS) is 11.8. The van der Waals surface area contributed by atoms with Crippen LogP contribution < -0.4 is 10.6 Å². The molecule has 2 aromatic carbocycles. The van der Waals surface area contributed by atoms with Crippen molar-refractivity contribution in [2.45, 2.75) is 19.9 Å². The van der Waals surface area contributed by atoms with Crippen molar-refractivity contribution in [3.05, 3.63) is 71.6 Å². The van der Waals surface area contributed by atoms with Crippen molar-refractivity contribution in [3.8, 4) is 11.3 Å². The number of rotatable bonds is 6. The van der Waals surface area contributed by atoms with Gasteiger partial charge in [0.25, 0.3) is 5.91 Å². The van der Waals surface area contributed by atoms with E-state index in [1.54, 1.807) is 24.3 Å². The molecule has 2 amide bonds. The highest BCUT2D eigenvalue weighted by Crippen LogP contribution is 2.24. The zero-order valence-corrected chi connectivity index (χ0v) is 16.0. The lowest BCUT2D eigenvalue weighted by molar-refractivity contribution is -0.118. The van der Waals surface area contributed by atoms with Crippen molar-refractivity contribution in [2.75, 3.05) is 5.32 Å². The molecule has 27 heavy (non-hydrogen) atoms. The summed E-state index contributed by atoms with van der Waals surface area (Å²) in [5, 5.41) is 8.05. The van der Waals surface area contributed by atoms with Crippen LogP contribution in [0.5, 0.6) is 0 Å². The highest BCUT2D eigenvalue weighted by Gasteiger charge is 2.25. The van der Waals surface area contributed by atoms with E-state index < -0.39 is 6.04 Å². The zero-order chi connectivity index (χ0) is 19.2. The first kappa shape index (κ1) is 18.8. The molecule has 3 aromatic rings. The van der Waals surface area contributed by atoms with Crippen LogP contribution in [0.25, 0.3) is 11.3 Å². The Morgan fingerprint density at radius 2 is 1.59 bits per heavy atom. The van der Waals surface area contributed by atoms with Crippen LogP contribution in [0.1, 0.15) is 24.2 Å². The number of hydrogen-bond donors (Lipinski definition) is 2. The Labute approximate surface area is 162 Å². The number of aromatic nitrogens is 1. The van der Waals surface area contributed by atoms with Gasteiger partial charge >= 0.3 is 0 Å². The van der Waals surface area contributed by atoms with Gasteiger partial charge in [-0.3, -0.25) is 9.59 Å². The Morgan fingerprint density at radius 3 is 2.22 bits per heavy atom. The van der Waals surface area contributed by atoms with Crippen LogP contribution in [0.2, 0.25) is 0 Å². The monoisotopic (exact) mass is 379 g/mol. The van der Waals surface area contributed by atoms with Gasteiger partial charge in [-0.05, 0) is 18.1 Å². The van der Waals surface area contributed by atoms with E-state index in [9.17, 15) is 9.59 Å². The highest BCUT2D eigenvalue weighted by molar-refractivity contribution is 7.14. The lowest BCUT2D eigenvalue weighted by Gasteiger charge is -2.21. The number of amides is 2. The van der Waals surface area contributed by atoms with E-state index in [-0.39, 0.29) is 17.7 Å². The van der Waals surface area contributed by atoms with Crippen molar-refractivity contribution >= 4 is 28.3 Å². The van der Waals surface area contributed by atoms with Gasteiger partial charge < -0.3 is 10.6 Å². The molecule has 5 nitrogen and oxygen atoms in total. The highest BCUT2D eigenvalue weighted by atomic mass is 32.1. The van der Waals surface area contributed by atoms with Crippen LogP contribution in [-0.4, -0.2) is 22.8 Å². The minimum Gasteiger partial charge on any atom is -0.340 e. The second-order valence-corrected chi connectivity index (χ2v) is 7.31. The predicted octanol–water partition coefficient (Wildman–Crippen LogP) is 4.20. The first-order valence-corrected chi connectivity index (χ1v) is 9.60. The van der Waals surface area contributed by atoms with E-state index in [2.05, 4.69) is 15.6 Å². The van der Waals surface area contributed by atoms with Crippen molar-refractivity contribution in [1.29, 1.82) is 0 Å². The molecule has 0 fully saturated rings. The number of nitrogens with zero attached hydrogens (tertiary/aromatic N) is 1. The molecule has 3 rings (SSSR count). The third-order valence-electron chi connectivity index (χ3n) is 4.08. The quantitative estimate of drug-likeness (QED) is 0.674. The molecular formula is C21H21N3O2S. The summed E-state index contributed by atoms with van der Waals surface area (Å²) < 4.78 is 0. The molecule has 6 heteroatoms. The summed E-state index contributed by atoms with van der Waals surface area (Å²) in [6.07, 6.45) is 0. The van der Waals surface area contributed by atoms with Gasteiger partial charge in [-0.1, -0.05) is 62.4 Å². The second-order valence-electron chi connectivity index (χ2n) is 6.45. The van der Waals surface area contributed by atoms with E-state index >= 15 is 0 Å². The number of thiazole rings is 1. The Bertz CT molecular complexity index is 907. The van der Waals surface area contributed by atoms with Crippen molar-refractivity contribution in [3.63, 3.8) is 0 Å². The van der Waals surface area contributed by atoms with E-state index in [1.807, 2.05) is 55.6 Å². The van der Waals surface area contributed by atoms with Crippen molar-refractivity contribution in [2.24, 2.45) is 5.92 Å². The molecule has 0 spiro atoms. The van der Waals surface area contributed by atoms with Crippen molar-refractivity contribution < 1.29 is 9.59 Å². The third-order valence-corrected chi connectivity index (χ3v) is 4.83. The second kappa shape index (κ2) is 8.60. The molecular weight excluding hydrogens is 358 g/mol. The maximum absolute atomic E-state index is 12.7. The Morgan fingerprint density at radius 1 is 0.963 bits per heavy atom. The molecule has 0 radical (unpaired) electrons. The van der Waals surface area contributed by atoms with E-state index in [0.717, 1.165) is 11.3 Å². The molecule has 1 heterocycles. The summed E-state index contributed by atoms with van der Waals surface area (Å²) in [6.45, 7) is 3.79. The number of carbonyl (C=O) groups is 2. The number of nitrogens with one attached hydrogen (secondary N) is 2. The van der Waals surface area contributed by atoms with Gasteiger partial charge in [0, 0.05) is 16.5 Å². The SMILES string of the molecule is CC(C)C(NC(=O)c1ccccc1)C(=O)Nc1nc(-c2ccccc2)cs1. The Hall–Kier alpha value is -2.99. The maximum Gasteiger partial charge on any atom is 0.251 e. The molecule has 0 saturated heterocycles. The first-order valence-electron chi connectivity index (χ1n) is 8.72. The van der Waals surface area contributed by atoms with Crippen molar-refractivity contribution in [1.82, 2.24) is 10.3 Å². The molecule has 0 bridgehead atoms. The Kier molecular flexibility index (Phi) is 5.98. The van der Waals surface area contributed by atoms with Crippen LogP contribution in [0.3, 0.4) is 0 Å². The standard InChI is InChI=1S/C21H21N3O2S/c1-14(2)18(23-19(25)16-11-7-4-8-12-16)20(26)24-21-22-17(13-27-21)15-9-5-3-6-10-15/h3-14,18H,1-2H3,(H,23,25)(H,22,24,26). The lowest BCUT2D eigenvalue weighted by atomic mass is 10.0. The van der Waals surface area contributed by atoms with Gasteiger partial charge in [0.15, 0.2) is 5.13 Å². The first-order chi connectivity index (χ1) is 13.0.